The molecule has 0 spiro atoms. The van der Waals surface area contributed by atoms with Crippen molar-refractivity contribution in [1.29, 1.82) is 0 Å². The van der Waals surface area contributed by atoms with E-state index in [9.17, 15) is 8.78 Å². The number of halogens is 3. The Morgan fingerprint density at radius 2 is 1.85 bits per heavy atom. The predicted molar refractivity (Wildman–Crippen MR) is 104 cm³/mol. The Hall–Kier alpha value is -2.15. The molecule has 0 bridgehead atoms. The molecular formula is C19H19BrF2N4. The molecule has 0 aliphatic carbocycles. The molecule has 1 saturated heterocycles. The standard InChI is InChI=1S/C19H19BrF2N4/c1-24-8-9-26(17-3-2-14(21)11-18(17)24)15-4-6-25(7-5-15)19-16(22)10-13(20)12-23-19/h2-3,8-12,15H,4-7H2,1H3. The maximum Gasteiger partial charge on any atom is 0.166 e. The highest BCUT2D eigenvalue weighted by atomic mass is 79.9. The third-order valence-electron chi connectivity index (χ3n) is 4.99. The smallest absolute Gasteiger partial charge is 0.166 e. The van der Waals surface area contributed by atoms with E-state index < -0.39 is 0 Å². The molecule has 0 N–H and O–H groups in total. The van der Waals surface area contributed by atoms with E-state index in [4.69, 9.17) is 0 Å². The van der Waals surface area contributed by atoms with Gasteiger partial charge in [0.25, 0.3) is 0 Å². The van der Waals surface area contributed by atoms with Gasteiger partial charge in [0.05, 0.1) is 11.4 Å². The molecule has 0 saturated carbocycles. The van der Waals surface area contributed by atoms with E-state index >= 15 is 0 Å². The summed E-state index contributed by atoms with van der Waals surface area (Å²) in [4.78, 5) is 10.3. The Bertz CT molecular complexity index is 849. The second kappa shape index (κ2) is 6.87. The number of rotatable bonds is 2. The van der Waals surface area contributed by atoms with Crippen molar-refractivity contribution < 1.29 is 8.78 Å². The maximum atomic E-state index is 14.2. The third kappa shape index (κ3) is 3.16. The predicted octanol–water partition coefficient (Wildman–Crippen LogP) is 4.52. The molecule has 4 rings (SSSR count). The van der Waals surface area contributed by atoms with Gasteiger partial charge in [-0.15, -0.1) is 0 Å². The summed E-state index contributed by atoms with van der Waals surface area (Å²) < 4.78 is 28.4. The molecular weight excluding hydrogens is 402 g/mol. The van der Waals surface area contributed by atoms with Crippen molar-refractivity contribution in [2.75, 3.05) is 34.8 Å². The molecule has 2 aromatic rings. The molecule has 26 heavy (non-hydrogen) atoms. The lowest BCUT2D eigenvalue weighted by Crippen LogP contribution is -2.44. The van der Waals surface area contributed by atoms with Crippen molar-refractivity contribution in [3.8, 4) is 0 Å². The van der Waals surface area contributed by atoms with Crippen LogP contribution in [0.5, 0.6) is 0 Å². The van der Waals surface area contributed by atoms with Gasteiger partial charge in [0.15, 0.2) is 11.6 Å². The molecule has 2 aliphatic heterocycles. The van der Waals surface area contributed by atoms with E-state index in [1.807, 2.05) is 35.3 Å². The zero-order chi connectivity index (χ0) is 18.3. The average molecular weight is 421 g/mol. The van der Waals surface area contributed by atoms with Crippen molar-refractivity contribution in [3.63, 3.8) is 0 Å². The van der Waals surface area contributed by atoms with Crippen LogP contribution >= 0.6 is 15.9 Å². The van der Waals surface area contributed by atoms with Crippen LogP contribution in [-0.2, 0) is 0 Å². The fourth-order valence-electron chi connectivity index (χ4n) is 3.64. The summed E-state index contributed by atoms with van der Waals surface area (Å²) in [5.41, 5.74) is 1.86. The maximum absolute atomic E-state index is 14.2. The molecule has 7 heteroatoms. The van der Waals surface area contributed by atoms with Crippen LogP contribution in [-0.4, -0.2) is 31.2 Å². The summed E-state index contributed by atoms with van der Waals surface area (Å²) in [6.45, 7) is 1.46. The molecule has 0 unspecified atom stereocenters. The normalized spacial score (nSPS) is 17.6. The molecule has 2 aliphatic rings. The van der Waals surface area contributed by atoms with E-state index in [0.717, 1.165) is 37.3 Å². The largest absolute Gasteiger partial charge is 0.354 e. The van der Waals surface area contributed by atoms with Gasteiger partial charge in [0, 0.05) is 49.2 Å². The van der Waals surface area contributed by atoms with Gasteiger partial charge in [0.1, 0.15) is 5.82 Å². The first-order valence-corrected chi connectivity index (χ1v) is 9.37. The van der Waals surface area contributed by atoms with Crippen molar-refractivity contribution in [2.24, 2.45) is 0 Å². The lowest BCUT2D eigenvalue weighted by Gasteiger charge is -2.41. The summed E-state index contributed by atoms with van der Waals surface area (Å²) in [5, 5.41) is 0. The number of piperidine rings is 1. The number of nitrogens with zero attached hydrogens (tertiary/aromatic N) is 4. The monoisotopic (exact) mass is 420 g/mol. The minimum absolute atomic E-state index is 0.238. The van der Waals surface area contributed by atoms with Crippen LogP contribution in [0.25, 0.3) is 0 Å². The van der Waals surface area contributed by atoms with Crippen molar-refractivity contribution in [3.05, 3.63) is 59.0 Å². The quantitative estimate of drug-likeness (QED) is 0.712. The summed E-state index contributed by atoms with van der Waals surface area (Å²) in [6.07, 6.45) is 7.37. The van der Waals surface area contributed by atoms with Gasteiger partial charge in [-0.25, -0.2) is 13.8 Å². The van der Waals surface area contributed by atoms with Gasteiger partial charge in [-0.3, -0.25) is 0 Å². The SMILES string of the molecule is CN1C=CN(C2CCN(c3ncc(Br)cc3F)CC2)c2ccc(F)cc21. The van der Waals surface area contributed by atoms with E-state index in [1.165, 1.54) is 12.1 Å². The number of anilines is 3. The van der Waals surface area contributed by atoms with Gasteiger partial charge in [-0.05, 0) is 53.0 Å². The second-order valence-corrected chi connectivity index (χ2v) is 7.54. The first-order valence-electron chi connectivity index (χ1n) is 8.58. The highest BCUT2D eigenvalue weighted by Crippen LogP contribution is 2.37. The van der Waals surface area contributed by atoms with E-state index in [-0.39, 0.29) is 11.6 Å². The first kappa shape index (κ1) is 17.3. The minimum Gasteiger partial charge on any atom is -0.354 e. The summed E-state index contributed by atoms with van der Waals surface area (Å²) in [7, 11) is 1.91. The van der Waals surface area contributed by atoms with Crippen LogP contribution in [0.2, 0.25) is 0 Å². The Labute approximate surface area is 159 Å². The number of hydrogen-bond donors (Lipinski definition) is 0. The third-order valence-corrected chi connectivity index (χ3v) is 5.43. The Morgan fingerprint density at radius 3 is 2.58 bits per heavy atom. The molecule has 1 aromatic carbocycles. The zero-order valence-electron chi connectivity index (χ0n) is 14.4. The fraction of sp³-hybridized carbons (Fsp3) is 0.316. The molecule has 4 nitrogen and oxygen atoms in total. The summed E-state index contributed by atoms with van der Waals surface area (Å²) in [6, 6.07) is 6.62. The summed E-state index contributed by atoms with van der Waals surface area (Å²) in [5.74, 6) is -0.140. The lowest BCUT2D eigenvalue weighted by atomic mass is 10.0. The first-order chi connectivity index (χ1) is 12.5. The van der Waals surface area contributed by atoms with Crippen molar-refractivity contribution in [1.82, 2.24) is 4.98 Å². The van der Waals surface area contributed by atoms with Gasteiger partial charge >= 0.3 is 0 Å². The van der Waals surface area contributed by atoms with Gasteiger partial charge in [-0.2, -0.15) is 0 Å². The topological polar surface area (TPSA) is 22.6 Å². The Balaban J connectivity index is 1.51. The van der Waals surface area contributed by atoms with Crippen LogP contribution in [0.4, 0.5) is 26.0 Å². The molecule has 0 amide bonds. The van der Waals surface area contributed by atoms with Gasteiger partial charge in [-0.1, -0.05) is 0 Å². The van der Waals surface area contributed by atoms with Gasteiger partial charge in [0.2, 0.25) is 0 Å². The lowest BCUT2D eigenvalue weighted by molar-refractivity contribution is 0.480. The highest BCUT2D eigenvalue weighted by Gasteiger charge is 2.29. The molecule has 136 valence electrons. The number of pyridine rings is 1. The molecule has 1 fully saturated rings. The highest BCUT2D eigenvalue weighted by molar-refractivity contribution is 9.10. The van der Waals surface area contributed by atoms with Gasteiger partial charge < -0.3 is 14.7 Å². The molecule has 0 atom stereocenters. The van der Waals surface area contributed by atoms with Crippen LogP contribution in [0, 0.1) is 11.6 Å². The number of benzene rings is 1. The van der Waals surface area contributed by atoms with Crippen LogP contribution in [0.3, 0.4) is 0 Å². The van der Waals surface area contributed by atoms with Crippen molar-refractivity contribution in [2.45, 2.75) is 18.9 Å². The molecule has 3 heterocycles. The number of aromatic nitrogens is 1. The van der Waals surface area contributed by atoms with E-state index in [0.29, 0.717) is 16.3 Å². The summed E-state index contributed by atoms with van der Waals surface area (Å²) >= 11 is 3.24. The average Bonchev–Trinajstić information content (AvgIpc) is 2.63. The Kier molecular flexibility index (Phi) is 4.56. The molecule has 1 aromatic heterocycles. The zero-order valence-corrected chi connectivity index (χ0v) is 16.0. The van der Waals surface area contributed by atoms with E-state index in [1.54, 1.807) is 12.3 Å². The molecule has 0 radical (unpaired) electrons. The Morgan fingerprint density at radius 1 is 1.08 bits per heavy atom. The van der Waals surface area contributed by atoms with Crippen LogP contribution < -0.4 is 14.7 Å². The minimum atomic E-state index is -0.307. The van der Waals surface area contributed by atoms with Crippen molar-refractivity contribution >= 4 is 33.1 Å². The van der Waals surface area contributed by atoms with Crippen LogP contribution in [0.15, 0.2) is 47.3 Å². The second-order valence-electron chi connectivity index (χ2n) is 6.63. The van der Waals surface area contributed by atoms with Crippen LogP contribution in [0.1, 0.15) is 12.8 Å². The fourth-order valence-corrected chi connectivity index (χ4v) is 3.95. The number of hydrogen-bond acceptors (Lipinski definition) is 4. The number of fused-ring (bicyclic) bond motifs is 1. The van der Waals surface area contributed by atoms with E-state index in [2.05, 4.69) is 25.8 Å².